The van der Waals surface area contributed by atoms with E-state index < -0.39 is 20.7 Å². The van der Waals surface area contributed by atoms with Crippen molar-refractivity contribution in [3.63, 3.8) is 0 Å². The van der Waals surface area contributed by atoms with Crippen LogP contribution >= 0.6 is 11.6 Å². The molecular formula is C13H20ClFN2O2S. The predicted octanol–water partition coefficient (Wildman–Crippen LogP) is 2.47. The van der Waals surface area contributed by atoms with Crippen LogP contribution in [-0.4, -0.2) is 32.4 Å². The molecule has 0 bridgehead atoms. The highest BCUT2D eigenvalue weighted by Gasteiger charge is 2.27. The Morgan fingerprint density at radius 1 is 1.40 bits per heavy atom. The quantitative estimate of drug-likeness (QED) is 0.875. The van der Waals surface area contributed by atoms with Crippen LogP contribution in [0.3, 0.4) is 0 Å². The van der Waals surface area contributed by atoms with Crippen LogP contribution in [0.2, 0.25) is 5.02 Å². The molecule has 0 radical (unpaired) electrons. The lowest BCUT2D eigenvalue weighted by Gasteiger charge is -2.21. The molecule has 0 aliphatic rings. The molecule has 0 heterocycles. The second kappa shape index (κ2) is 6.85. The van der Waals surface area contributed by atoms with Crippen molar-refractivity contribution in [3.8, 4) is 0 Å². The minimum Gasteiger partial charge on any atom is -0.327 e. The fraction of sp³-hybridized carbons (Fsp3) is 0.538. The molecule has 0 spiro atoms. The Balaban J connectivity index is 2.94. The van der Waals surface area contributed by atoms with Gasteiger partial charge < -0.3 is 5.73 Å². The van der Waals surface area contributed by atoms with Crippen LogP contribution in [0.15, 0.2) is 23.1 Å². The molecule has 20 heavy (non-hydrogen) atoms. The second-order valence-corrected chi connectivity index (χ2v) is 7.46. The topological polar surface area (TPSA) is 63.4 Å². The van der Waals surface area contributed by atoms with E-state index in [-0.39, 0.29) is 23.5 Å². The summed E-state index contributed by atoms with van der Waals surface area (Å²) in [5, 5.41) is -0.120. The molecule has 0 fully saturated rings. The Morgan fingerprint density at radius 2 is 2.00 bits per heavy atom. The van der Waals surface area contributed by atoms with Crippen LogP contribution in [0, 0.1) is 11.7 Å². The van der Waals surface area contributed by atoms with Gasteiger partial charge in [-0.3, -0.25) is 0 Å². The third kappa shape index (κ3) is 3.91. The highest BCUT2D eigenvalue weighted by atomic mass is 35.5. The number of hydrogen-bond acceptors (Lipinski definition) is 3. The van der Waals surface area contributed by atoms with Crippen molar-refractivity contribution in [2.45, 2.75) is 31.2 Å². The Hall–Kier alpha value is -0.690. The summed E-state index contributed by atoms with van der Waals surface area (Å²) in [4.78, 5) is -0.484. The maximum Gasteiger partial charge on any atom is 0.247 e. The van der Waals surface area contributed by atoms with Crippen LogP contribution < -0.4 is 5.73 Å². The maximum atomic E-state index is 13.7. The molecule has 2 N–H and O–H groups in total. The molecule has 1 unspecified atom stereocenters. The first-order valence-corrected chi connectivity index (χ1v) is 8.15. The first kappa shape index (κ1) is 17.4. The van der Waals surface area contributed by atoms with E-state index >= 15 is 0 Å². The van der Waals surface area contributed by atoms with E-state index in [2.05, 4.69) is 0 Å². The van der Waals surface area contributed by atoms with E-state index in [0.29, 0.717) is 6.42 Å². The molecule has 0 aliphatic carbocycles. The average Bonchev–Trinajstić information content (AvgIpc) is 2.34. The van der Waals surface area contributed by atoms with Crippen molar-refractivity contribution < 1.29 is 12.8 Å². The molecule has 0 saturated carbocycles. The van der Waals surface area contributed by atoms with E-state index in [9.17, 15) is 12.8 Å². The van der Waals surface area contributed by atoms with Crippen molar-refractivity contribution in [1.82, 2.24) is 4.31 Å². The predicted molar refractivity (Wildman–Crippen MR) is 78.7 cm³/mol. The molecule has 4 nitrogen and oxygen atoms in total. The van der Waals surface area contributed by atoms with Crippen molar-refractivity contribution in [3.05, 3.63) is 29.0 Å². The van der Waals surface area contributed by atoms with Gasteiger partial charge in [-0.25, -0.2) is 17.1 Å². The third-order valence-corrected chi connectivity index (χ3v) is 5.58. The second-order valence-electron chi connectivity index (χ2n) is 5.07. The number of nitrogens with two attached hydrogens (primary N) is 1. The maximum absolute atomic E-state index is 13.7. The lowest BCUT2D eigenvalue weighted by atomic mass is 10.0. The smallest absolute Gasteiger partial charge is 0.247 e. The van der Waals surface area contributed by atoms with Gasteiger partial charge in [0.05, 0.1) is 5.02 Å². The fourth-order valence-electron chi connectivity index (χ4n) is 1.67. The van der Waals surface area contributed by atoms with Crippen molar-refractivity contribution in [1.29, 1.82) is 0 Å². The van der Waals surface area contributed by atoms with Gasteiger partial charge in [-0.05, 0) is 24.5 Å². The van der Waals surface area contributed by atoms with Crippen LogP contribution in [0.4, 0.5) is 4.39 Å². The van der Waals surface area contributed by atoms with E-state index in [1.165, 1.54) is 19.2 Å². The molecular weight excluding hydrogens is 303 g/mol. The number of sulfonamides is 1. The van der Waals surface area contributed by atoms with E-state index in [1.54, 1.807) is 0 Å². The normalized spacial score (nSPS) is 14.0. The Kier molecular flexibility index (Phi) is 5.94. The largest absolute Gasteiger partial charge is 0.327 e. The molecule has 1 atom stereocenters. The van der Waals surface area contributed by atoms with E-state index in [0.717, 1.165) is 10.4 Å². The minimum atomic E-state index is -3.95. The van der Waals surface area contributed by atoms with Crippen molar-refractivity contribution in [2.24, 2.45) is 11.7 Å². The summed E-state index contributed by atoms with van der Waals surface area (Å²) in [5.74, 6) is -0.597. The number of rotatable bonds is 6. The number of nitrogens with zero attached hydrogens (tertiary/aromatic N) is 1. The molecule has 1 aromatic carbocycles. The molecule has 1 aromatic rings. The van der Waals surface area contributed by atoms with Crippen molar-refractivity contribution in [2.75, 3.05) is 13.6 Å². The summed E-state index contributed by atoms with van der Waals surface area (Å²) in [6, 6.07) is 3.69. The molecule has 114 valence electrons. The van der Waals surface area contributed by atoms with Crippen LogP contribution in [0.5, 0.6) is 0 Å². The molecule has 0 aromatic heterocycles. The zero-order chi connectivity index (χ0) is 15.5. The van der Waals surface area contributed by atoms with Gasteiger partial charge in [0.25, 0.3) is 0 Å². The van der Waals surface area contributed by atoms with Gasteiger partial charge in [-0.1, -0.05) is 31.5 Å². The first-order chi connectivity index (χ1) is 9.17. The number of hydrogen-bond donors (Lipinski definition) is 1. The van der Waals surface area contributed by atoms with Gasteiger partial charge in [0.15, 0.2) is 0 Å². The van der Waals surface area contributed by atoms with Gasteiger partial charge in [0.2, 0.25) is 10.0 Å². The van der Waals surface area contributed by atoms with Gasteiger partial charge in [0.1, 0.15) is 10.7 Å². The highest BCUT2D eigenvalue weighted by molar-refractivity contribution is 7.89. The van der Waals surface area contributed by atoms with Crippen LogP contribution in [-0.2, 0) is 10.0 Å². The lowest BCUT2D eigenvalue weighted by Crippen LogP contribution is -2.35. The highest BCUT2D eigenvalue weighted by Crippen LogP contribution is 2.26. The summed E-state index contributed by atoms with van der Waals surface area (Å²) < 4.78 is 39.4. The van der Waals surface area contributed by atoms with Crippen LogP contribution in [0.1, 0.15) is 20.3 Å². The SMILES string of the molecule is CC(C)C(N)CCN(C)S(=O)(=O)c1c(F)cccc1Cl. The Labute approximate surface area is 124 Å². The average molecular weight is 323 g/mol. The summed E-state index contributed by atoms with van der Waals surface area (Å²) in [6.07, 6.45) is 0.499. The number of halogens is 2. The zero-order valence-corrected chi connectivity index (χ0v) is 13.4. The van der Waals surface area contributed by atoms with Gasteiger partial charge in [0, 0.05) is 19.6 Å². The summed E-state index contributed by atoms with van der Waals surface area (Å²) in [5.41, 5.74) is 5.88. The van der Waals surface area contributed by atoms with Crippen molar-refractivity contribution >= 4 is 21.6 Å². The summed E-state index contributed by atoms with van der Waals surface area (Å²) >= 11 is 5.80. The minimum absolute atomic E-state index is 0.108. The van der Waals surface area contributed by atoms with Gasteiger partial charge >= 0.3 is 0 Å². The Morgan fingerprint density at radius 3 is 2.50 bits per heavy atom. The number of benzene rings is 1. The van der Waals surface area contributed by atoms with E-state index in [4.69, 9.17) is 17.3 Å². The molecule has 0 amide bonds. The van der Waals surface area contributed by atoms with Gasteiger partial charge in [-0.2, -0.15) is 0 Å². The lowest BCUT2D eigenvalue weighted by molar-refractivity contribution is 0.396. The summed E-state index contributed by atoms with van der Waals surface area (Å²) in [6.45, 7) is 4.14. The molecule has 0 aliphatic heterocycles. The summed E-state index contributed by atoms with van der Waals surface area (Å²) in [7, 11) is -2.56. The zero-order valence-electron chi connectivity index (χ0n) is 11.8. The van der Waals surface area contributed by atoms with Crippen LogP contribution in [0.25, 0.3) is 0 Å². The van der Waals surface area contributed by atoms with E-state index in [1.807, 2.05) is 13.8 Å². The Bertz CT molecular complexity index is 543. The standard InChI is InChI=1S/C13H20ClFN2O2S/c1-9(2)12(16)7-8-17(3)20(18,19)13-10(14)5-4-6-11(13)15/h4-6,9,12H,7-8,16H2,1-3H3. The molecule has 0 saturated heterocycles. The third-order valence-electron chi connectivity index (χ3n) is 3.22. The van der Waals surface area contributed by atoms with Gasteiger partial charge in [-0.15, -0.1) is 0 Å². The first-order valence-electron chi connectivity index (χ1n) is 6.34. The molecule has 1 rings (SSSR count). The fourth-order valence-corrected chi connectivity index (χ4v) is 3.41. The molecule has 7 heteroatoms. The monoisotopic (exact) mass is 322 g/mol.